The summed E-state index contributed by atoms with van der Waals surface area (Å²) in [4.78, 5) is 11.1. The molecule has 0 fully saturated rings. The van der Waals surface area contributed by atoms with Crippen molar-refractivity contribution >= 4 is 40.8 Å². The van der Waals surface area contributed by atoms with Crippen LogP contribution in [0.15, 0.2) is 8.68 Å². The van der Waals surface area contributed by atoms with E-state index in [1.165, 1.54) is 0 Å². The van der Waals surface area contributed by atoms with Crippen LogP contribution in [0.5, 0.6) is 0 Å². The summed E-state index contributed by atoms with van der Waals surface area (Å²) in [5.74, 6) is 0.949. The Labute approximate surface area is 120 Å². The Hall–Kier alpha value is -0.270. The molecule has 0 atom stereocenters. The SMILES string of the molecule is CCOC(=O)CCCCCSc1nnc(SC)s1. The molecule has 0 N–H and O–H groups in total. The van der Waals surface area contributed by atoms with Gasteiger partial charge >= 0.3 is 5.97 Å². The first-order valence-electron chi connectivity index (χ1n) is 5.92. The minimum Gasteiger partial charge on any atom is -0.466 e. The first-order valence-corrected chi connectivity index (χ1v) is 8.95. The zero-order chi connectivity index (χ0) is 13.2. The molecule has 1 rings (SSSR count). The smallest absolute Gasteiger partial charge is 0.305 e. The Bertz CT molecular complexity index is 358. The summed E-state index contributed by atoms with van der Waals surface area (Å²) in [6, 6.07) is 0. The third kappa shape index (κ3) is 6.61. The van der Waals surface area contributed by atoms with Crippen molar-refractivity contribution < 1.29 is 9.53 Å². The van der Waals surface area contributed by atoms with E-state index in [4.69, 9.17) is 4.74 Å². The third-order valence-corrected chi connectivity index (χ3v) is 5.24. The maximum absolute atomic E-state index is 11.1. The van der Waals surface area contributed by atoms with Crippen LogP contribution in [0.4, 0.5) is 0 Å². The second-order valence-electron chi connectivity index (χ2n) is 3.50. The Morgan fingerprint density at radius 3 is 2.72 bits per heavy atom. The third-order valence-electron chi connectivity index (χ3n) is 2.12. The molecule has 0 saturated heterocycles. The molecule has 0 aromatic carbocycles. The zero-order valence-electron chi connectivity index (χ0n) is 10.7. The van der Waals surface area contributed by atoms with Gasteiger partial charge in [0.1, 0.15) is 0 Å². The van der Waals surface area contributed by atoms with Gasteiger partial charge in [0.15, 0.2) is 8.68 Å². The first-order chi connectivity index (χ1) is 8.76. The van der Waals surface area contributed by atoms with E-state index in [2.05, 4.69) is 10.2 Å². The molecule has 0 aliphatic heterocycles. The molecule has 4 nitrogen and oxygen atoms in total. The minimum absolute atomic E-state index is 0.0844. The molecule has 1 heterocycles. The van der Waals surface area contributed by atoms with Crippen molar-refractivity contribution in [3.8, 4) is 0 Å². The molecule has 0 aliphatic rings. The van der Waals surface area contributed by atoms with Crippen molar-refractivity contribution in [1.29, 1.82) is 0 Å². The number of unbranched alkanes of at least 4 members (excludes halogenated alkanes) is 2. The van der Waals surface area contributed by atoms with Crippen LogP contribution in [0.2, 0.25) is 0 Å². The summed E-state index contributed by atoms with van der Waals surface area (Å²) in [7, 11) is 0. The molecule has 0 saturated carbocycles. The van der Waals surface area contributed by atoms with Gasteiger partial charge in [-0.3, -0.25) is 4.79 Å². The van der Waals surface area contributed by atoms with Gasteiger partial charge in [-0.05, 0) is 26.0 Å². The highest BCUT2D eigenvalue weighted by molar-refractivity contribution is 8.02. The second-order valence-corrected chi connectivity index (χ2v) is 6.88. The summed E-state index contributed by atoms with van der Waals surface area (Å²) in [5.41, 5.74) is 0. The van der Waals surface area contributed by atoms with Crippen LogP contribution in [-0.2, 0) is 9.53 Å². The standard InChI is InChI=1S/C11H18N2O2S3/c1-3-15-9(14)7-5-4-6-8-17-11-13-12-10(16-2)18-11/h3-8H2,1-2H3. The number of carbonyl (C=O) groups is 1. The van der Waals surface area contributed by atoms with Crippen LogP contribution < -0.4 is 0 Å². The van der Waals surface area contributed by atoms with E-state index in [1.54, 1.807) is 34.9 Å². The van der Waals surface area contributed by atoms with Crippen LogP contribution >= 0.6 is 34.9 Å². The first kappa shape index (κ1) is 15.8. The summed E-state index contributed by atoms with van der Waals surface area (Å²) in [6.07, 6.45) is 5.60. The normalized spacial score (nSPS) is 10.6. The number of thioether (sulfide) groups is 2. The average molecular weight is 306 g/mol. The van der Waals surface area contributed by atoms with Crippen molar-refractivity contribution in [3.63, 3.8) is 0 Å². The van der Waals surface area contributed by atoms with Crippen molar-refractivity contribution in [2.75, 3.05) is 18.6 Å². The van der Waals surface area contributed by atoms with Gasteiger partial charge in [0.2, 0.25) is 0 Å². The number of esters is 1. The van der Waals surface area contributed by atoms with E-state index in [1.807, 2.05) is 13.2 Å². The fourth-order valence-corrected chi connectivity index (χ4v) is 3.79. The maximum atomic E-state index is 11.1. The van der Waals surface area contributed by atoms with Gasteiger partial charge < -0.3 is 4.74 Å². The fraction of sp³-hybridized carbons (Fsp3) is 0.727. The molecule has 1 aromatic rings. The number of rotatable bonds is 9. The summed E-state index contributed by atoms with van der Waals surface area (Å²) < 4.78 is 6.92. The van der Waals surface area contributed by atoms with Gasteiger partial charge in [0, 0.05) is 12.2 Å². The quantitative estimate of drug-likeness (QED) is 0.395. The molecule has 18 heavy (non-hydrogen) atoms. The number of nitrogens with zero attached hydrogens (tertiary/aromatic N) is 2. The number of aromatic nitrogens is 2. The monoisotopic (exact) mass is 306 g/mol. The predicted molar refractivity (Wildman–Crippen MR) is 77.5 cm³/mol. The number of hydrogen-bond acceptors (Lipinski definition) is 7. The lowest BCUT2D eigenvalue weighted by Crippen LogP contribution is -2.03. The van der Waals surface area contributed by atoms with Crippen LogP contribution in [0.25, 0.3) is 0 Å². The second kappa shape index (κ2) is 9.63. The molecule has 0 aliphatic carbocycles. The van der Waals surface area contributed by atoms with Crippen LogP contribution in [0.1, 0.15) is 32.6 Å². The maximum Gasteiger partial charge on any atom is 0.305 e. The van der Waals surface area contributed by atoms with Crippen molar-refractivity contribution in [2.45, 2.75) is 41.3 Å². The lowest BCUT2D eigenvalue weighted by molar-refractivity contribution is -0.143. The Morgan fingerprint density at radius 1 is 1.28 bits per heavy atom. The molecule has 0 unspecified atom stereocenters. The highest BCUT2D eigenvalue weighted by Crippen LogP contribution is 2.27. The lowest BCUT2D eigenvalue weighted by atomic mass is 10.2. The molecule has 0 bridgehead atoms. The lowest BCUT2D eigenvalue weighted by Gasteiger charge is -2.01. The predicted octanol–water partition coefficient (Wildman–Crippen LogP) is 3.48. The molecule has 0 amide bonds. The topological polar surface area (TPSA) is 52.1 Å². The summed E-state index contributed by atoms with van der Waals surface area (Å²) in [6.45, 7) is 2.31. The van der Waals surface area contributed by atoms with Gasteiger partial charge in [0.05, 0.1) is 6.61 Å². The summed E-state index contributed by atoms with van der Waals surface area (Å²) in [5, 5.41) is 8.14. The molecular weight excluding hydrogens is 288 g/mol. The number of carbonyl (C=O) groups excluding carboxylic acids is 1. The highest BCUT2D eigenvalue weighted by atomic mass is 32.2. The molecule has 0 spiro atoms. The van der Waals surface area contributed by atoms with E-state index in [-0.39, 0.29) is 5.97 Å². The molecule has 0 radical (unpaired) electrons. The van der Waals surface area contributed by atoms with Crippen LogP contribution in [-0.4, -0.2) is 34.8 Å². The Balaban J connectivity index is 2.00. The zero-order valence-corrected chi connectivity index (χ0v) is 13.1. The van der Waals surface area contributed by atoms with Crippen molar-refractivity contribution in [1.82, 2.24) is 10.2 Å². The van der Waals surface area contributed by atoms with Crippen LogP contribution in [0, 0.1) is 0 Å². The number of ether oxygens (including phenoxy) is 1. The van der Waals surface area contributed by atoms with Gasteiger partial charge in [0.25, 0.3) is 0 Å². The summed E-state index contributed by atoms with van der Waals surface area (Å²) >= 11 is 5.00. The van der Waals surface area contributed by atoms with Crippen molar-refractivity contribution in [3.05, 3.63) is 0 Å². The van der Waals surface area contributed by atoms with Crippen LogP contribution in [0.3, 0.4) is 0 Å². The van der Waals surface area contributed by atoms with Gasteiger partial charge in [-0.2, -0.15) is 0 Å². The van der Waals surface area contributed by atoms with E-state index in [0.29, 0.717) is 13.0 Å². The largest absolute Gasteiger partial charge is 0.466 e. The molecule has 7 heteroatoms. The van der Waals surface area contributed by atoms with Gasteiger partial charge in [-0.25, -0.2) is 0 Å². The Kier molecular flexibility index (Phi) is 8.45. The van der Waals surface area contributed by atoms with E-state index in [0.717, 1.165) is 33.7 Å². The van der Waals surface area contributed by atoms with E-state index in [9.17, 15) is 4.79 Å². The highest BCUT2D eigenvalue weighted by Gasteiger charge is 2.04. The van der Waals surface area contributed by atoms with Gasteiger partial charge in [-0.15, -0.1) is 10.2 Å². The minimum atomic E-state index is -0.0844. The molecular formula is C11H18N2O2S3. The van der Waals surface area contributed by atoms with Crippen molar-refractivity contribution in [2.24, 2.45) is 0 Å². The molecule has 102 valence electrons. The fourth-order valence-electron chi connectivity index (χ4n) is 1.28. The van der Waals surface area contributed by atoms with E-state index >= 15 is 0 Å². The number of hydrogen-bond donors (Lipinski definition) is 0. The van der Waals surface area contributed by atoms with Gasteiger partial charge in [-0.1, -0.05) is 41.3 Å². The average Bonchev–Trinajstić information content (AvgIpc) is 2.82. The Morgan fingerprint density at radius 2 is 2.06 bits per heavy atom. The molecule has 1 aromatic heterocycles. The van der Waals surface area contributed by atoms with E-state index < -0.39 is 0 Å².